The van der Waals surface area contributed by atoms with Crippen LogP contribution in [0.15, 0.2) is 47.7 Å². The maximum absolute atomic E-state index is 13.5. The van der Waals surface area contributed by atoms with E-state index in [-0.39, 0.29) is 29.9 Å². The minimum absolute atomic E-state index is 0.0292. The molecule has 4 aromatic heterocycles. The van der Waals surface area contributed by atoms with Crippen LogP contribution in [0, 0.1) is 6.92 Å². The van der Waals surface area contributed by atoms with Crippen molar-refractivity contribution in [2.45, 2.75) is 57.3 Å². The fourth-order valence-corrected chi connectivity index (χ4v) is 5.56. The number of hydrogen-bond acceptors (Lipinski definition) is 8. The van der Waals surface area contributed by atoms with Crippen LogP contribution in [-0.4, -0.2) is 48.3 Å². The number of pyridine rings is 1. The summed E-state index contributed by atoms with van der Waals surface area (Å²) in [6, 6.07) is 8.30. The Bertz CT molecular complexity index is 1980. The molecule has 0 amide bonds. The lowest BCUT2D eigenvalue weighted by Crippen LogP contribution is -2.21. The smallest absolute Gasteiger partial charge is 0.434 e. The molecule has 2 saturated carbocycles. The zero-order valence-corrected chi connectivity index (χ0v) is 24.2. The fraction of sp³-hybridized carbons (Fsp3) is 0.355. The van der Waals surface area contributed by atoms with Gasteiger partial charge in [0.05, 0.1) is 37.7 Å². The molecule has 2 aliphatic carbocycles. The Morgan fingerprint density at radius 3 is 2.45 bits per heavy atom. The van der Waals surface area contributed by atoms with Crippen molar-refractivity contribution in [2.75, 3.05) is 14.2 Å². The molecule has 0 aliphatic heterocycles. The number of aromatic nitrogens is 7. The van der Waals surface area contributed by atoms with Gasteiger partial charge in [0, 0.05) is 29.6 Å². The number of imidazole rings is 1. The second-order valence-electron chi connectivity index (χ2n) is 11.2. The highest BCUT2D eigenvalue weighted by Crippen LogP contribution is 2.45. The summed E-state index contributed by atoms with van der Waals surface area (Å²) < 4.78 is 54.9. The van der Waals surface area contributed by atoms with Crippen molar-refractivity contribution in [1.82, 2.24) is 34.1 Å². The number of fused-ring (bicyclic) bond motifs is 1. The number of nitrogens with zero attached hydrogens (tertiary/aromatic N) is 7. The van der Waals surface area contributed by atoms with Crippen LogP contribution in [0.4, 0.5) is 13.2 Å². The number of alkyl halides is 3. The molecule has 0 spiro atoms. The predicted molar refractivity (Wildman–Crippen MR) is 155 cm³/mol. The second kappa shape index (κ2) is 10.4. The average Bonchev–Trinajstić information content (AvgIpc) is 3.95. The Morgan fingerprint density at radius 1 is 0.977 bits per heavy atom. The van der Waals surface area contributed by atoms with Crippen molar-refractivity contribution < 1.29 is 22.6 Å². The molecule has 2 aliphatic rings. The van der Waals surface area contributed by atoms with Gasteiger partial charge in [-0.15, -0.1) is 0 Å². The number of halogens is 3. The van der Waals surface area contributed by atoms with Gasteiger partial charge in [-0.3, -0.25) is 9.36 Å². The van der Waals surface area contributed by atoms with Gasteiger partial charge in [-0.25, -0.2) is 24.9 Å². The number of ether oxygens (including phenoxy) is 2. The normalized spacial score (nSPS) is 15.1. The lowest BCUT2D eigenvalue weighted by atomic mass is 10.1. The first kappa shape index (κ1) is 28.0. The zero-order chi connectivity index (χ0) is 30.7. The minimum Gasteiger partial charge on any atom is -0.496 e. The van der Waals surface area contributed by atoms with Crippen LogP contribution >= 0.6 is 0 Å². The van der Waals surface area contributed by atoms with E-state index in [0.717, 1.165) is 37.6 Å². The largest absolute Gasteiger partial charge is 0.496 e. The first-order chi connectivity index (χ1) is 21.2. The minimum atomic E-state index is -4.56. The van der Waals surface area contributed by atoms with Crippen molar-refractivity contribution in [2.24, 2.45) is 0 Å². The molecule has 226 valence electrons. The second-order valence-corrected chi connectivity index (χ2v) is 11.2. The topological polar surface area (TPSA) is 110 Å². The van der Waals surface area contributed by atoms with Gasteiger partial charge in [-0.05, 0) is 56.4 Å². The van der Waals surface area contributed by atoms with Gasteiger partial charge in [0.25, 0.3) is 5.56 Å². The summed E-state index contributed by atoms with van der Waals surface area (Å²) in [5.41, 5.74) is 2.44. The highest BCUT2D eigenvalue weighted by atomic mass is 19.4. The highest BCUT2D eigenvalue weighted by molar-refractivity contribution is 5.81. The number of aryl methyl sites for hydroxylation is 1. The quantitative estimate of drug-likeness (QED) is 0.222. The summed E-state index contributed by atoms with van der Waals surface area (Å²) in [4.78, 5) is 35.6. The molecular weight excluding hydrogens is 575 g/mol. The SMILES string of the molecule is COc1cc(Cn2c(=O)ccc3c(C)nc(-c4c(OC)ncnc4C4CC4)nc32)ccc1-c1nc(C(F)(F)F)cn1C1CC1. The van der Waals surface area contributed by atoms with Crippen molar-refractivity contribution in [3.8, 4) is 34.4 Å². The van der Waals surface area contributed by atoms with E-state index in [1.807, 2.05) is 6.92 Å². The number of rotatable bonds is 8. The molecule has 10 nitrogen and oxygen atoms in total. The van der Waals surface area contributed by atoms with Gasteiger partial charge in [-0.2, -0.15) is 13.2 Å². The maximum Gasteiger partial charge on any atom is 0.434 e. The van der Waals surface area contributed by atoms with Crippen molar-refractivity contribution in [3.63, 3.8) is 0 Å². The standard InChI is InChI=1S/C31H28F3N7O3/c1-16-20-10-11-24(42)41(28(20)39-27(37-16)25-26(18-5-6-18)35-15-36-30(25)44-3)13-17-4-9-21(22(12-17)43-2)29-38-23(31(32,33)34)14-40(29)19-7-8-19/h4,9-12,14-15,18-19H,5-8,13H2,1-3H3. The molecule has 44 heavy (non-hydrogen) atoms. The van der Waals surface area contributed by atoms with Crippen molar-refractivity contribution >= 4 is 11.0 Å². The Hall–Kier alpha value is -4.81. The third kappa shape index (κ3) is 4.95. The Balaban J connectivity index is 1.32. The van der Waals surface area contributed by atoms with Crippen LogP contribution in [0.1, 0.15) is 60.3 Å². The van der Waals surface area contributed by atoms with Gasteiger partial charge in [0.15, 0.2) is 11.5 Å². The fourth-order valence-electron chi connectivity index (χ4n) is 5.56. The number of methoxy groups -OCH3 is 2. The molecule has 7 rings (SSSR count). The third-order valence-electron chi connectivity index (χ3n) is 8.06. The first-order valence-corrected chi connectivity index (χ1v) is 14.3. The van der Waals surface area contributed by atoms with Crippen LogP contribution in [0.2, 0.25) is 0 Å². The average molecular weight is 604 g/mol. The lowest BCUT2D eigenvalue weighted by molar-refractivity contribution is -0.140. The van der Waals surface area contributed by atoms with E-state index in [1.54, 1.807) is 33.4 Å². The molecule has 0 bridgehead atoms. The molecule has 13 heteroatoms. The van der Waals surface area contributed by atoms with Crippen LogP contribution < -0.4 is 15.0 Å². The summed E-state index contributed by atoms with van der Waals surface area (Å²) in [5.74, 6) is 1.55. The molecule has 0 N–H and O–H groups in total. The van der Waals surface area contributed by atoms with Crippen LogP contribution in [0.3, 0.4) is 0 Å². The molecule has 0 atom stereocenters. The van der Waals surface area contributed by atoms with E-state index in [1.165, 1.54) is 26.6 Å². The monoisotopic (exact) mass is 603 g/mol. The number of hydrogen-bond donors (Lipinski definition) is 0. The molecule has 5 aromatic rings. The molecule has 4 heterocycles. The third-order valence-corrected chi connectivity index (χ3v) is 8.06. The van der Waals surface area contributed by atoms with Gasteiger partial charge < -0.3 is 14.0 Å². The van der Waals surface area contributed by atoms with Gasteiger partial charge in [0.2, 0.25) is 5.88 Å². The van der Waals surface area contributed by atoms with E-state index in [0.29, 0.717) is 50.9 Å². The Morgan fingerprint density at radius 2 is 1.77 bits per heavy atom. The van der Waals surface area contributed by atoms with Gasteiger partial charge in [0.1, 0.15) is 29.1 Å². The van der Waals surface area contributed by atoms with E-state index in [2.05, 4.69) is 15.0 Å². The predicted octanol–water partition coefficient (Wildman–Crippen LogP) is 5.72. The highest BCUT2D eigenvalue weighted by Gasteiger charge is 2.38. The molecule has 0 radical (unpaired) electrons. The lowest BCUT2D eigenvalue weighted by Gasteiger charge is -2.16. The molecular formula is C31H28F3N7O3. The summed E-state index contributed by atoms with van der Waals surface area (Å²) in [7, 11) is 2.99. The first-order valence-electron chi connectivity index (χ1n) is 14.3. The molecule has 1 aromatic carbocycles. The summed E-state index contributed by atoms with van der Waals surface area (Å²) >= 11 is 0. The summed E-state index contributed by atoms with van der Waals surface area (Å²) in [6.07, 6.45) is 1.55. The molecule has 2 fully saturated rings. The molecule has 0 saturated heterocycles. The Labute approximate surface area is 249 Å². The van der Waals surface area contributed by atoms with Crippen LogP contribution in [0.25, 0.3) is 33.8 Å². The zero-order valence-electron chi connectivity index (χ0n) is 24.2. The van der Waals surface area contributed by atoms with Crippen molar-refractivity contribution in [3.05, 3.63) is 75.9 Å². The van der Waals surface area contributed by atoms with Crippen LogP contribution in [-0.2, 0) is 12.7 Å². The molecule has 0 unspecified atom stereocenters. The van der Waals surface area contributed by atoms with E-state index in [4.69, 9.17) is 19.4 Å². The van der Waals surface area contributed by atoms with Crippen molar-refractivity contribution in [1.29, 1.82) is 0 Å². The van der Waals surface area contributed by atoms with Gasteiger partial charge >= 0.3 is 6.18 Å². The number of benzene rings is 1. The summed E-state index contributed by atoms with van der Waals surface area (Å²) in [6.45, 7) is 1.98. The van der Waals surface area contributed by atoms with E-state index >= 15 is 0 Å². The summed E-state index contributed by atoms with van der Waals surface area (Å²) in [5, 5.41) is 0.701. The maximum atomic E-state index is 13.5. The Kier molecular flexibility index (Phi) is 6.63. The van der Waals surface area contributed by atoms with Gasteiger partial charge in [-0.1, -0.05) is 6.07 Å². The van der Waals surface area contributed by atoms with Crippen LogP contribution in [0.5, 0.6) is 11.6 Å². The van der Waals surface area contributed by atoms with E-state index in [9.17, 15) is 18.0 Å². The van der Waals surface area contributed by atoms with E-state index < -0.39 is 11.9 Å².